The van der Waals surface area contributed by atoms with Crippen LogP contribution in [0.1, 0.15) is 24.8 Å². The molecule has 2 heterocycles. The summed E-state index contributed by atoms with van der Waals surface area (Å²) in [5.74, 6) is -0.392. The summed E-state index contributed by atoms with van der Waals surface area (Å²) in [7, 11) is 0. The number of hydrogen-bond donors (Lipinski definition) is 1. The molecule has 5 heteroatoms. The van der Waals surface area contributed by atoms with Crippen LogP contribution < -0.4 is 4.74 Å². The average molecular weight is 275 g/mol. The molecule has 2 aliphatic rings. The lowest BCUT2D eigenvalue weighted by Crippen LogP contribution is -2.52. The number of rotatable bonds is 2. The average Bonchev–Trinajstić information content (AvgIpc) is 2.90. The monoisotopic (exact) mass is 275 g/mol. The third-order valence-electron chi connectivity index (χ3n) is 3.99. The van der Waals surface area contributed by atoms with Crippen molar-refractivity contribution in [3.05, 3.63) is 29.8 Å². The van der Waals surface area contributed by atoms with Gasteiger partial charge >= 0.3 is 5.97 Å². The van der Waals surface area contributed by atoms with Crippen LogP contribution in [0.25, 0.3) is 0 Å². The molecular formula is C15H17NO4. The minimum Gasteiger partial charge on any atom is -0.480 e. The number of para-hydroxylation sites is 1. The number of aliphatic carboxylic acids is 1. The number of fused-ring (bicyclic) bond motifs is 1. The third kappa shape index (κ3) is 2.24. The van der Waals surface area contributed by atoms with E-state index in [0.29, 0.717) is 19.4 Å². The maximum Gasteiger partial charge on any atom is 0.326 e. The summed E-state index contributed by atoms with van der Waals surface area (Å²) >= 11 is 0. The summed E-state index contributed by atoms with van der Waals surface area (Å²) in [4.78, 5) is 25.3. The van der Waals surface area contributed by atoms with E-state index in [1.807, 2.05) is 24.3 Å². The number of likely N-dealkylation sites (tertiary alicyclic amines) is 1. The Morgan fingerprint density at radius 3 is 2.80 bits per heavy atom. The molecule has 1 aromatic carbocycles. The zero-order valence-electron chi connectivity index (χ0n) is 11.1. The van der Waals surface area contributed by atoms with Crippen molar-refractivity contribution in [2.24, 2.45) is 0 Å². The minimum absolute atomic E-state index is 0.201. The Bertz CT molecular complexity index is 517. The maximum absolute atomic E-state index is 12.5. The number of benzene rings is 1. The SMILES string of the molecule is O=C(O)[C@@H]1CCCCN1C(=O)C1Cc2ccccc2O1. The van der Waals surface area contributed by atoms with Crippen molar-refractivity contribution in [3.63, 3.8) is 0 Å². The fourth-order valence-electron chi connectivity index (χ4n) is 2.96. The Morgan fingerprint density at radius 2 is 2.05 bits per heavy atom. The van der Waals surface area contributed by atoms with Crippen molar-refractivity contribution >= 4 is 11.9 Å². The van der Waals surface area contributed by atoms with Crippen molar-refractivity contribution < 1.29 is 19.4 Å². The molecular weight excluding hydrogens is 258 g/mol. The number of piperidine rings is 1. The second-order valence-corrected chi connectivity index (χ2v) is 5.30. The quantitative estimate of drug-likeness (QED) is 0.887. The number of carboxylic acid groups (broad SMARTS) is 1. The van der Waals surface area contributed by atoms with E-state index in [1.165, 1.54) is 4.90 Å². The smallest absolute Gasteiger partial charge is 0.326 e. The summed E-state index contributed by atoms with van der Waals surface area (Å²) in [6, 6.07) is 6.85. The molecule has 1 aromatic rings. The molecule has 1 saturated heterocycles. The van der Waals surface area contributed by atoms with Gasteiger partial charge in [0.05, 0.1) is 0 Å². The summed E-state index contributed by atoms with van der Waals surface area (Å²) < 4.78 is 5.67. The molecule has 2 aliphatic heterocycles. The second kappa shape index (κ2) is 5.15. The molecule has 0 aliphatic carbocycles. The van der Waals surface area contributed by atoms with Crippen molar-refractivity contribution in [2.75, 3.05) is 6.54 Å². The van der Waals surface area contributed by atoms with Crippen LogP contribution in [0, 0.1) is 0 Å². The summed E-state index contributed by atoms with van der Waals surface area (Å²) in [6.45, 7) is 0.506. The van der Waals surface area contributed by atoms with Gasteiger partial charge in [0.25, 0.3) is 5.91 Å². The molecule has 0 bridgehead atoms. The first-order valence-corrected chi connectivity index (χ1v) is 6.94. The Labute approximate surface area is 117 Å². The van der Waals surface area contributed by atoms with Crippen LogP contribution >= 0.6 is 0 Å². The van der Waals surface area contributed by atoms with Crippen LogP contribution in [-0.4, -0.2) is 40.6 Å². The van der Waals surface area contributed by atoms with Crippen LogP contribution in [0.4, 0.5) is 0 Å². The first-order chi connectivity index (χ1) is 9.66. The van der Waals surface area contributed by atoms with Gasteiger partial charge in [0.1, 0.15) is 11.8 Å². The molecule has 3 rings (SSSR count). The molecule has 0 spiro atoms. The van der Waals surface area contributed by atoms with Gasteiger partial charge in [-0.05, 0) is 30.9 Å². The molecule has 1 unspecified atom stereocenters. The Kier molecular flexibility index (Phi) is 3.34. The molecule has 5 nitrogen and oxygen atoms in total. The third-order valence-corrected chi connectivity index (χ3v) is 3.99. The number of carbonyl (C=O) groups is 2. The summed E-state index contributed by atoms with van der Waals surface area (Å²) in [5, 5.41) is 9.24. The number of hydrogen-bond acceptors (Lipinski definition) is 3. The molecule has 106 valence electrons. The van der Waals surface area contributed by atoms with E-state index in [0.717, 1.165) is 24.2 Å². The normalized spacial score (nSPS) is 24.9. The molecule has 0 saturated carbocycles. The lowest BCUT2D eigenvalue weighted by Gasteiger charge is -2.34. The fraction of sp³-hybridized carbons (Fsp3) is 0.467. The van der Waals surface area contributed by atoms with Gasteiger partial charge in [-0.15, -0.1) is 0 Å². The van der Waals surface area contributed by atoms with Gasteiger partial charge in [0.2, 0.25) is 0 Å². The largest absolute Gasteiger partial charge is 0.480 e. The fourth-order valence-corrected chi connectivity index (χ4v) is 2.96. The zero-order valence-corrected chi connectivity index (χ0v) is 11.1. The number of nitrogens with zero attached hydrogens (tertiary/aromatic N) is 1. The predicted octanol–water partition coefficient (Wildman–Crippen LogP) is 1.46. The maximum atomic E-state index is 12.5. The van der Waals surface area contributed by atoms with E-state index < -0.39 is 18.1 Å². The van der Waals surface area contributed by atoms with Crippen LogP contribution in [0.2, 0.25) is 0 Å². The van der Waals surface area contributed by atoms with E-state index in [4.69, 9.17) is 4.74 Å². The molecule has 0 aromatic heterocycles. The molecule has 2 atom stereocenters. The Morgan fingerprint density at radius 1 is 1.25 bits per heavy atom. The minimum atomic E-state index is -0.923. The van der Waals surface area contributed by atoms with Gasteiger partial charge in [-0.25, -0.2) is 4.79 Å². The highest BCUT2D eigenvalue weighted by molar-refractivity contribution is 5.87. The van der Waals surface area contributed by atoms with Crippen LogP contribution in [0.15, 0.2) is 24.3 Å². The lowest BCUT2D eigenvalue weighted by atomic mass is 10.0. The topological polar surface area (TPSA) is 66.8 Å². The van der Waals surface area contributed by atoms with E-state index >= 15 is 0 Å². The van der Waals surface area contributed by atoms with Gasteiger partial charge < -0.3 is 14.7 Å². The standard InChI is InChI=1S/C15H17NO4/c17-14(16-8-4-3-6-11(16)15(18)19)13-9-10-5-1-2-7-12(10)20-13/h1-2,5,7,11,13H,3-4,6,8-9H2,(H,18,19)/t11-,13?/m0/s1. The van der Waals surface area contributed by atoms with Crippen LogP contribution in [0.5, 0.6) is 5.75 Å². The zero-order chi connectivity index (χ0) is 14.1. The van der Waals surface area contributed by atoms with Crippen LogP contribution in [-0.2, 0) is 16.0 Å². The van der Waals surface area contributed by atoms with Gasteiger partial charge in [0, 0.05) is 13.0 Å². The van der Waals surface area contributed by atoms with Crippen molar-refractivity contribution in [3.8, 4) is 5.75 Å². The highest BCUT2D eigenvalue weighted by atomic mass is 16.5. The van der Waals surface area contributed by atoms with E-state index in [1.54, 1.807) is 0 Å². The van der Waals surface area contributed by atoms with Gasteiger partial charge in [-0.2, -0.15) is 0 Å². The Hall–Kier alpha value is -2.04. The van der Waals surface area contributed by atoms with E-state index in [-0.39, 0.29) is 5.91 Å². The Balaban J connectivity index is 1.75. The van der Waals surface area contributed by atoms with Crippen molar-refractivity contribution in [2.45, 2.75) is 37.8 Å². The molecule has 0 radical (unpaired) electrons. The first-order valence-electron chi connectivity index (χ1n) is 6.94. The number of carbonyl (C=O) groups excluding carboxylic acids is 1. The first kappa shape index (κ1) is 13.0. The highest BCUT2D eigenvalue weighted by Gasteiger charge is 2.38. The second-order valence-electron chi connectivity index (χ2n) is 5.30. The molecule has 1 amide bonds. The number of amides is 1. The van der Waals surface area contributed by atoms with Crippen molar-refractivity contribution in [1.29, 1.82) is 0 Å². The highest BCUT2D eigenvalue weighted by Crippen LogP contribution is 2.30. The number of carboxylic acids is 1. The molecule has 1 N–H and O–H groups in total. The predicted molar refractivity (Wildman–Crippen MR) is 71.5 cm³/mol. The van der Waals surface area contributed by atoms with Gasteiger partial charge in [-0.3, -0.25) is 4.79 Å². The molecule has 1 fully saturated rings. The lowest BCUT2D eigenvalue weighted by molar-refractivity contribution is -0.155. The van der Waals surface area contributed by atoms with E-state index in [2.05, 4.69) is 0 Å². The number of ether oxygens (including phenoxy) is 1. The van der Waals surface area contributed by atoms with Gasteiger partial charge in [-0.1, -0.05) is 18.2 Å². The van der Waals surface area contributed by atoms with E-state index in [9.17, 15) is 14.7 Å². The van der Waals surface area contributed by atoms with Crippen molar-refractivity contribution in [1.82, 2.24) is 4.90 Å². The summed E-state index contributed by atoms with van der Waals surface area (Å²) in [6.07, 6.45) is 2.19. The van der Waals surface area contributed by atoms with Crippen LogP contribution in [0.3, 0.4) is 0 Å². The van der Waals surface area contributed by atoms with Gasteiger partial charge in [0.15, 0.2) is 6.10 Å². The summed E-state index contributed by atoms with van der Waals surface area (Å²) in [5.41, 5.74) is 1.01. The molecule has 20 heavy (non-hydrogen) atoms.